The van der Waals surface area contributed by atoms with Crippen LogP contribution in [0.5, 0.6) is 0 Å². The fourth-order valence-electron chi connectivity index (χ4n) is 3.46. The number of carbonyl (C=O) groups excluding carboxylic acids is 1. The quantitative estimate of drug-likeness (QED) is 0.628. The van der Waals surface area contributed by atoms with Gasteiger partial charge in [0.1, 0.15) is 5.82 Å². The molecule has 8 nitrogen and oxygen atoms in total. The molecule has 4 rings (SSSR count). The second-order valence-electron chi connectivity index (χ2n) is 7.96. The maximum absolute atomic E-state index is 12.3. The molecule has 1 saturated heterocycles. The van der Waals surface area contributed by atoms with Gasteiger partial charge in [-0.3, -0.25) is 4.79 Å². The second-order valence-corrected chi connectivity index (χ2v) is 7.96. The lowest BCUT2D eigenvalue weighted by Gasteiger charge is -2.33. The third kappa shape index (κ3) is 5.67. The number of piperazine rings is 1. The van der Waals surface area contributed by atoms with E-state index >= 15 is 0 Å². The average molecular weight is 421 g/mol. The molecule has 3 heterocycles. The Bertz CT molecular complexity index is 1010. The number of rotatable bonds is 7. The summed E-state index contributed by atoms with van der Waals surface area (Å²) in [5.41, 5.74) is 3.09. The maximum Gasteiger partial charge on any atom is 0.247 e. The third-order valence-corrected chi connectivity index (χ3v) is 5.46. The molecule has 2 aromatic heterocycles. The van der Waals surface area contributed by atoms with Crippen LogP contribution in [0.1, 0.15) is 23.4 Å². The van der Waals surface area contributed by atoms with Gasteiger partial charge in [-0.1, -0.05) is 17.7 Å². The lowest BCUT2D eigenvalue weighted by Crippen LogP contribution is -2.44. The molecule has 0 unspecified atom stereocenters. The predicted molar refractivity (Wildman–Crippen MR) is 119 cm³/mol. The summed E-state index contributed by atoms with van der Waals surface area (Å²) in [5, 5.41) is 11.1. The number of hydrogen-bond acceptors (Lipinski definition) is 7. The first-order chi connectivity index (χ1) is 15.1. The van der Waals surface area contributed by atoms with E-state index < -0.39 is 0 Å². The van der Waals surface area contributed by atoms with Crippen molar-refractivity contribution in [1.82, 2.24) is 25.4 Å². The van der Waals surface area contributed by atoms with Gasteiger partial charge in [0.2, 0.25) is 17.7 Å². The van der Waals surface area contributed by atoms with Crippen LogP contribution >= 0.6 is 0 Å². The van der Waals surface area contributed by atoms with Crippen molar-refractivity contribution >= 4 is 11.7 Å². The highest BCUT2D eigenvalue weighted by Crippen LogP contribution is 2.19. The van der Waals surface area contributed by atoms with Crippen LogP contribution in [-0.2, 0) is 17.8 Å². The van der Waals surface area contributed by atoms with E-state index in [0.717, 1.165) is 43.1 Å². The number of likely N-dealkylation sites (N-methyl/N-ethyl adjacent to an activating group) is 1. The number of anilines is 1. The average Bonchev–Trinajstić information content (AvgIpc) is 3.26. The third-order valence-electron chi connectivity index (χ3n) is 5.46. The van der Waals surface area contributed by atoms with Crippen LogP contribution in [0.15, 0.2) is 47.0 Å². The van der Waals surface area contributed by atoms with Crippen LogP contribution in [0.25, 0.3) is 11.5 Å². The normalized spacial score (nSPS) is 14.6. The molecule has 31 heavy (non-hydrogen) atoms. The van der Waals surface area contributed by atoms with Gasteiger partial charge in [0.25, 0.3) is 0 Å². The first-order valence-electron chi connectivity index (χ1n) is 10.6. The molecule has 1 aliphatic rings. The Labute approximate surface area is 182 Å². The SMILES string of the molecule is Cc1ccc(-c2nnc(CCC(=O)NCc3ccnc(N4CCN(C)CC4)c3)o2)cc1. The van der Waals surface area contributed by atoms with Crippen molar-refractivity contribution in [2.24, 2.45) is 0 Å². The van der Waals surface area contributed by atoms with Crippen LogP contribution in [0, 0.1) is 6.92 Å². The van der Waals surface area contributed by atoms with E-state index in [1.165, 1.54) is 5.56 Å². The number of carbonyl (C=O) groups is 1. The molecule has 0 aliphatic carbocycles. The Hall–Kier alpha value is -3.26. The van der Waals surface area contributed by atoms with Gasteiger partial charge in [-0.25, -0.2) is 4.98 Å². The van der Waals surface area contributed by atoms with Gasteiger partial charge in [-0.2, -0.15) is 0 Å². The summed E-state index contributed by atoms with van der Waals surface area (Å²) in [7, 11) is 2.13. The molecule has 1 aromatic carbocycles. The van der Waals surface area contributed by atoms with Crippen molar-refractivity contribution in [2.75, 3.05) is 38.1 Å². The standard InChI is InChI=1S/C23H28N6O2/c1-17-3-5-19(6-4-17)23-27-26-22(31-23)8-7-21(30)25-16-18-9-10-24-20(15-18)29-13-11-28(2)12-14-29/h3-6,9-10,15H,7-8,11-14,16H2,1-2H3,(H,25,30). The van der Waals surface area contributed by atoms with E-state index in [1.54, 1.807) is 6.20 Å². The lowest BCUT2D eigenvalue weighted by atomic mass is 10.1. The Balaban J connectivity index is 1.25. The molecular formula is C23H28N6O2. The molecule has 8 heteroatoms. The molecule has 0 radical (unpaired) electrons. The minimum Gasteiger partial charge on any atom is -0.421 e. The molecule has 0 spiro atoms. The summed E-state index contributed by atoms with van der Waals surface area (Å²) in [6.07, 6.45) is 2.51. The van der Waals surface area contributed by atoms with Crippen LogP contribution in [0.4, 0.5) is 5.82 Å². The van der Waals surface area contributed by atoms with Crippen molar-refractivity contribution in [2.45, 2.75) is 26.3 Å². The molecule has 3 aromatic rings. The van der Waals surface area contributed by atoms with Gasteiger partial charge in [0, 0.05) is 57.3 Å². The Morgan fingerprint density at radius 3 is 2.65 bits per heavy atom. The molecule has 0 bridgehead atoms. The van der Waals surface area contributed by atoms with Crippen molar-refractivity contribution in [3.05, 3.63) is 59.6 Å². The topological polar surface area (TPSA) is 87.4 Å². The minimum absolute atomic E-state index is 0.0481. The van der Waals surface area contributed by atoms with Gasteiger partial charge in [0.15, 0.2) is 0 Å². The Morgan fingerprint density at radius 1 is 1.10 bits per heavy atom. The molecule has 0 atom stereocenters. The van der Waals surface area contributed by atoms with Crippen LogP contribution < -0.4 is 10.2 Å². The van der Waals surface area contributed by atoms with Gasteiger partial charge in [0.05, 0.1) is 0 Å². The molecule has 1 N–H and O–H groups in total. The summed E-state index contributed by atoms with van der Waals surface area (Å²) >= 11 is 0. The fraction of sp³-hybridized carbons (Fsp3) is 0.391. The van der Waals surface area contributed by atoms with E-state index in [-0.39, 0.29) is 5.91 Å². The monoisotopic (exact) mass is 420 g/mol. The van der Waals surface area contributed by atoms with E-state index in [9.17, 15) is 4.79 Å². The second kappa shape index (κ2) is 9.70. The predicted octanol–water partition coefficient (Wildman–Crippen LogP) is 2.44. The highest BCUT2D eigenvalue weighted by atomic mass is 16.4. The van der Waals surface area contributed by atoms with E-state index in [0.29, 0.717) is 31.2 Å². The molecular weight excluding hydrogens is 392 g/mol. The number of hydrogen-bond donors (Lipinski definition) is 1. The minimum atomic E-state index is -0.0481. The van der Waals surface area contributed by atoms with Crippen LogP contribution in [0.3, 0.4) is 0 Å². The van der Waals surface area contributed by atoms with Gasteiger partial charge in [-0.05, 0) is 43.8 Å². The highest BCUT2D eigenvalue weighted by molar-refractivity contribution is 5.76. The zero-order chi connectivity index (χ0) is 21.6. The van der Waals surface area contributed by atoms with Crippen LogP contribution in [0.2, 0.25) is 0 Å². The first-order valence-corrected chi connectivity index (χ1v) is 10.6. The van der Waals surface area contributed by atoms with E-state index in [4.69, 9.17) is 4.42 Å². The number of aromatic nitrogens is 3. The van der Waals surface area contributed by atoms with Gasteiger partial charge < -0.3 is 19.5 Å². The summed E-state index contributed by atoms with van der Waals surface area (Å²) in [4.78, 5) is 21.4. The number of nitrogens with zero attached hydrogens (tertiary/aromatic N) is 5. The zero-order valence-electron chi connectivity index (χ0n) is 18.0. The number of pyridine rings is 1. The summed E-state index contributed by atoms with van der Waals surface area (Å²) in [6, 6.07) is 11.9. The molecule has 162 valence electrons. The molecule has 1 aliphatic heterocycles. The smallest absolute Gasteiger partial charge is 0.247 e. The number of benzene rings is 1. The molecule has 1 fully saturated rings. The van der Waals surface area contributed by atoms with Crippen molar-refractivity contribution in [3.8, 4) is 11.5 Å². The summed E-state index contributed by atoms with van der Waals surface area (Å²) < 4.78 is 5.69. The van der Waals surface area contributed by atoms with Gasteiger partial charge >= 0.3 is 0 Å². The van der Waals surface area contributed by atoms with Gasteiger partial charge in [-0.15, -0.1) is 10.2 Å². The van der Waals surface area contributed by atoms with E-state index in [1.807, 2.05) is 37.3 Å². The Morgan fingerprint density at radius 2 is 1.87 bits per heavy atom. The number of nitrogens with one attached hydrogen (secondary N) is 1. The Kier molecular flexibility index (Phi) is 6.57. The number of aryl methyl sites for hydroxylation is 2. The van der Waals surface area contributed by atoms with Crippen molar-refractivity contribution in [1.29, 1.82) is 0 Å². The lowest BCUT2D eigenvalue weighted by molar-refractivity contribution is -0.121. The van der Waals surface area contributed by atoms with Crippen LogP contribution in [-0.4, -0.2) is 59.2 Å². The molecule has 1 amide bonds. The highest BCUT2D eigenvalue weighted by Gasteiger charge is 2.15. The molecule has 0 saturated carbocycles. The zero-order valence-corrected chi connectivity index (χ0v) is 18.0. The maximum atomic E-state index is 12.3. The first kappa shape index (κ1) is 21.0. The number of amides is 1. The van der Waals surface area contributed by atoms with Crippen molar-refractivity contribution in [3.63, 3.8) is 0 Å². The summed E-state index contributed by atoms with van der Waals surface area (Å²) in [6.45, 7) is 6.50. The summed E-state index contributed by atoms with van der Waals surface area (Å²) in [5.74, 6) is 1.86. The van der Waals surface area contributed by atoms with Crippen molar-refractivity contribution < 1.29 is 9.21 Å². The largest absolute Gasteiger partial charge is 0.421 e. The fourth-order valence-corrected chi connectivity index (χ4v) is 3.46. The van der Waals surface area contributed by atoms with E-state index in [2.05, 4.69) is 43.4 Å².